The molecular formula is C15H14ClN3S. The molecule has 0 radical (unpaired) electrons. The molecule has 0 aliphatic heterocycles. The fourth-order valence-corrected chi connectivity index (χ4v) is 3.39. The highest BCUT2D eigenvalue weighted by Crippen LogP contribution is 2.31. The average Bonchev–Trinajstić information content (AvgIpc) is 2.90. The Kier molecular flexibility index (Phi) is 3.96. The van der Waals surface area contributed by atoms with Gasteiger partial charge in [-0.25, -0.2) is 0 Å². The Morgan fingerprint density at radius 3 is 2.65 bits per heavy atom. The molecule has 0 saturated heterocycles. The number of hydrogen-bond acceptors (Lipinski definition) is 4. The maximum atomic E-state index is 6.06. The van der Waals surface area contributed by atoms with Crippen LogP contribution in [0.25, 0.3) is 11.0 Å². The monoisotopic (exact) mass is 303 g/mol. The lowest BCUT2D eigenvalue weighted by atomic mass is 10.0. The van der Waals surface area contributed by atoms with Gasteiger partial charge in [-0.1, -0.05) is 24.6 Å². The van der Waals surface area contributed by atoms with Gasteiger partial charge < -0.3 is 5.32 Å². The van der Waals surface area contributed by atoms with Crippen molar-refractivity contribution in [3.63, 3.8) is 0 Å². The van der Waals surface area contributed by atoms with Crippen LogP contribution in [0.2, 0.25) is 4.34 Å². The summed E-state index contributed by atoms with van der Waals surface area (Å²) < 4.78 is 0.809. The quantitative estimate of drug-likeness (QED) is 0.790. The van der Waals surface area contributed by atoms with Crippen LogP contribution in [0.1, 0.15) is 23.4 Å². The molecule has 3 aromatic rings. The van der Waals surface area contributed by atoms with Gasteiger partial charge in [0.1, 0.15) is 0 Å². The van der Waals surface area contributed by atoms with Gasteiger partial charge >= 0.3 is 0 Å². The highest BCUT2D eigenvalue weighted by Gasteiger charge is 2.15. The maximum Gasteiger partial charge on any atom is 0.0931 e. The molecule has 102 valence electrons. The van der Waals surface area contributed by atoms with E-state index in [1.807, 2.05) is 12.1 Å². The molecule has 3 rings (SSSR count). The van der Waals surface area contributed by atoms with Crippen LogP contribution < -0.4 is 5.32 Å². The highest BCUT2D eigenvalue weighted by atomic mass is 35.5. The number of halogens is 1. The molecule has 5 heteroatoms. The largest absolute Gasteiger partial charge is 0.306 e. The normalized spacial score (nSPS) is 12.7. The molecule has 1 aromatic carbocycles. The lowest BCUT2D eigenvalue weighted by Gasteiger charge is -2.17. The number of benzene rings is 1. The molecule has 1 unspecified atom stereocenters. The van der Waals surface area contributed by atoms with E-state index >= 15 is 0 Å². The van der Waals surface area contributed by atoms with E-state index in [0.29, 0.717) is 0 Å². The van der Waals surface area contributed by atoms with E-state index in [9.17, 15) is 0 Å². The zero-order chi connectivity index (χ0) is 13.9. The summed E-state index contributed by atoms with van der Waals surface area (Å²) in [4.78, 5) is 9.88. The number of rotatable bonds is 4. The van der Waals surface area contributed by atoms with Gasteiger partial charge in [0.2, 0.25) is 0 Å². The molecule has 2 heterocycles. The topological polar surface area (TPSA) is 37.8 Å². The predicted octanol–water partition coefficient (Wildman–Crippen LogP) is 4.04. The van der Waals surface area contributed by atoms with E-state index < -0.39 is 0 Å². The fourth-order valence-electron chi connectivity index (χ4n) is 2.23. The van der Waals surface area contributed by atoms with Crippen LogP contribution >= 0.6 is 22.9 Å². The lowest BCUT2D eigenvalue weighted by Crippen LogP contribution is -2.21. The Labute approximate surface area is 126 Å². The molecule has 3 nitrogen and oxygen atoms in total. The predicted molar refractivity (Wildman–Crippen MR) is 84.4 cm³/mol. The van der Waals surface area contributed by atoms with E-state index in [0.717, 1.165) is 21.9 Å². The molecule has 0 saturated carbocycles. The fraction of sp³-hybridized carbons (Fsp3) is 0.200. The van der Waals surface area contributed by atoms with E-state index in [2.05, 4.69) is 40.4 Å². The molecular weight excluding hydrogens is 290 g/mol. The van der Waals surface area contributed by atoms with Crippen molar-refractivity contribution < 1.29 is 0 Å². The summed E-state index contributed by atoms with van der Waals surface area (Å²) in [5, 5.41) is 3.50. The number of nitrogens with zero attached hydrogens (tertiary/aromatic N) is 2. The first-order chi connectivity index (χ1) is 9.78. The summed E-state index contributed by atoms with van der Waals surface area (Å²) in [6.07, 6.45) is 3.43. The molecule has 0 bridgehead atoms. The first-order valence-corrected chi connectivity index (χ1v) is 7.66. The molecule has 0 aliphatic carbocycles. The van der Waals surface area contributed by atoms with Crippen LogP contribution in [0.3, 0.4) is 0 Å². The molecule has 2 aromatic heterocycles. The third kappa shape index (κ3) is 2.68. The van der Waals surface area contributed by atoms with Crippen LogP contribution in [0, 0.1) is 0 Å². The Balaban J connectivity index is 2.04. The Bertz CT molecular complexity index is 726. The third-order valence-corrected chi connectivity index (χ3v) is 4.41. The second-order valence-electron chi connectivity index (χ2n) is 4.44. The third-order valence-electron chi connectivity index (χ3n) is 3.11. The zero-order valence-corrected chi connectivity index (χ0v) is 12.6. The molecule has 0 aliphatic rings. The van der Waals surface area contributed by atoms with Crippen LogP contribution in [0.15, 0.2) is 42.7 Å². The van der Waals surface area contributed by atoms with Crippen molar-refractivity contribution in [3.05, 3.63) is 57.5 Å². The summed E-state index contributed by atoms with van der Waals surface area (Å²) in [7, 11) is 0. The van der Waals surface area contributed by atoms with Crippen molar-refractivity contribution in [2.45, 2.75) is 13.0 Å². The van der Waals surface area contributed by atoms with Crippen molar-refractivity contribution in [3.8, 4) is 0 Å². The van der Waals surface area contributed by atoms with Crippen molar-refractivity contribution >= 4 is 34.0 Å². The average molecular weight is 304 g/mol. The standard InChI is InChI=1S/C15H14ClN3S/c1-2-17-15(13-5-6-14(16)20-13)10-3-4-11-12(9-10)19-8-7-18-11/h3-9,15,17H,2H2,1H3. The lowest BCUT2D eigenvalue weighted by molar-refractivity contribution is 0.640. The van der Waals surface area contributed by atoms with Crippen LogP contribution in [0.5, 0.6) is 0 Å². The summed E-state index contributed by atoms with van der Waals surface area (Å²) in [5.74, 6) is 0. The molecule has 20 heavy (non-hydrogen) atoms. The number of fused-ring (bicyclic) bond motifs is 1. The minimum Gasteiger partial charge on any atom is -0.306 e. The summed E-state index contributed by atoms with van der Waals surface area (Å²) >= 11 is 7.66. The van der Waals surface area contributed by atoms with Gasteiger partial charge in [0.25, 0.3) is 0 Å². The van der Waals surface area contributed by atoms with Crippen LogP contribution in [-0.4, -0.2) is 16.5 Å². The molecule has 0 spiro atoms. The van der Waals surface area contributed by atoms with E-state index in [1.165, 1.54) is 10.4 Å². The first-order valence-electron chi connectivity index (χ1n) is 6.47. The van der Waals surface area contributed by atoms with Gasteiger partial charge in [-0.2, -0.15) is 0 Å². The minimum atomic E-state index is 0.143. The van der Waals surface area contributed by atoms with Gasteiger partial charge in [0.15, 0.2) is 0 Å². The summed E-state index contributed by atoms with van der Waals surface area (Å²) in [5.41, 5.74) is 3.00. The van der Waals surface area contributed by atoms with Gasteiger partial charge in [-0.3, -0.25) is 9.97 Å². The number of aromatic nitrogens is 2. The highest BCUT2D eigenvalue weighted by molar-refractivity contribution is 7.16. The molecule has 0 fully saturated rings. The van der Waals surface area contributed by atoms with Gasteiger partial charge in [-0.15, -0.1) is 11.3 Å². The van der Waals surface area contributed by atoms with Crippen molar-refractivity contribution in [1.82, 2.24) is 15.3 Å². The molecule has 1 N–H and O–H groups in total. The maximum absolute atomic E-state index is 6.06. The van der Waals surface area contributed by atoms with Crippen LogP contribution in [-0.2, 0) is 0 Å². The second-order valence-corrected chi connectivity index (χ2v) is 6.18. The first kappa shape index (κ1) is 13.5. The zero-order valence-electron chi connectivity index (χ0n) is 11.0. The smallest absolute Gasteiger partial charge is 0.0931 e. The van der Waals surface area contributed by atoms with Gasteiger partial charge in [-0.05, 0) is 36.4 Å². The Morgan fingerprint density at radius 2 is 1.95 bits per heavy atom. The second kappa shape index (κ2) is 5.87. The SMILES string of the molecule is CCNC(c1ccc2nccnc2c1)c1ccc(Cl)s1. The van der Waals surface area contributed by atoms with E-state index in [-0.39, 0.29) is 6.04 Å². The van der Waals surface area contributed by atoms with Crippen molar-refractivity contribution in [2.24, 2.45) is 0 Å². The van der Waals surface area contributed by atoms with E-state index in [1.54, 1.807) is 23.7 Å². The number of hydrogen-bond donors (Lipinski definition) is 1. The van der Waals surface area contributed by atoms with Crippen molar-refractivity contribution in [1.29, 1.82) is 0 Å². The van der Waals surface area contributed by atoms with Crippen molar-refractivity contribution in [2.75, 3.05) is 6.54 Å². The Morgan fingerprint density at radius 1 is 1.15 bits per heavy atom. The van der Waals surface area contributed by atoms with Crippen LogP contribution in [0.4, 0.5) is 0 Å². The van der Waals surface area contributed by atoms with E-state index in [4.69, 9.17) is 11.6 Å². The van der Waals surface area contributed by atoms with Gasteiger partial charge in [0, 0.05) is 17.3 Å². The summed E-state index contributed by atoms with van der Waals surface area (Å²) in [6, 6.07) is 10.3. The minimum absolute atomic E-state index is 0.143. The number of thiophene rings is 1. The number of nitrogens with one attached hydrogen (secondary N) is 1. The molecule has 1 atom stereocenters. The summed E-state index contributed by atoms with van der Waals surface area (Å²) in [6.45, 7) is 2.99. The van der Waals surface area contributed by atoms with Gasteiger partial charge in [0.05, 0.1) is 21.4 Å². The molecule has 0 amide bonds. The Hall–Kier alpha value is -1.49.